The van der Waals surface area contributed by atoms with Crippen molar-refractivity contribution >= 4 is 0 Å². The zero-order valence-electron chi connectivity index (χ0n) is 13.3. The fraction of sp³-hybridized carbons (Fsp3) is 0.647. The van der Waals surface area contributed by atoms with Gasteiger partial charge in [-0.15, -0.1) is 0 Å². The summed E-state index contributed by atoms with van der Waals surface area (Å²) in [7, 11) is 3.49. The highest BCUT2D eigenvalue weighted by Gasteiger charge is 2.17. The number of rotatable bonds is 10. The number of hydrogen-bond acceptors (Lipinski definition) is 3. The van der Waals surface area contributed by atoms with Gasteiger partial charge in [0.1, 0.15) is 5.75 Å². The molecule has 1 rings (SSSR count). The van der Waals surface area contributed by atoms with Crippen LogP contribution in [-0.4, -0.2) is 33.9 Å². The van der Waals surface area contributed by atoms with Gasteiger partial charge in [0.05, 0.1) is 7.11 Å². The third-order valence-electron chi connectivity index (χ3n) is 3.70. The molecule has 0 bridgehead atoms. The van der Waals surface area contributed by atoms with E-state index in [9.17, 15) is 0 Å². The zero-order chi connectivity index (χ0) is 14.8. The second-order valence-electron chi connectivity index (χ2n) is 5.45. The number of methoxy groups -OCH3 is 2. The first-order valence-corrected chi connectivity index (χ1v) is 7.53. The maximum atomic E-state index is 5.32. The van der Waals surface area contributed by atoms with Crippen molar-refractivity contribution < 1.29 is 9.47 Å². The Balaban J connectivity index is 2.65. The van der Waals surface area contributed by atoms with Crippen molar-refractivity contribution in [1.82, 2.24) is 5.32 Å². The quantitative estimate of drug-likeness (QED) is 0.667. The molecule has 0 amide bonds. The Hall–Kier alpha value is -1.06. The van der Waals surface area contributed by atoms with E-state index in [4.69, 9.17) is 9.47 Å². The molecule has 3 nitrogen and oxygen atoms in total. The summed E-state index contributed by atoms with van der Waals surface area (Å²) < 4.78 is 10.6. The molecule has 0 saturated carbocycles. The number of benzene rings is 1. The second-order valence-corrected chi connectivity index (χ2v) is 5.45. The molecule has 0 aliphatic heterocycles. The molecule has 2 unspecified atom stereocenters. The van der Waals surface area contributed by atoms with Crippen LogP contribution >= 0.6 is 0 Å². The third kappa shape index (κ3) is 5.93. The molecule has 2 atom stereocenters. The van der Waals surface area contributed by atoms with E-state index in [-0.39, 0.29) is 0 Å². The topological polar surface area (TPSA) is 30.5 Å². The number of ether oxygens (including phenoxy) is 2. The Labute approximate surface area is 123 Å². The SMILES string of the molecule is CCCNCC(Cc1cccc(OC)c1)C(C)COC. The van der Waals surface area contributed by atoms with E-state index in [2.05, 4.69) is 37.4 Å². The van der Waals surface area contributed by atoms with Gasteiger partial charge in [0, 0.05) is 13.7 Å². The summed E-state index contributed by atoms with van der Waals surface area (Å²) in [5.74, 6) is 2.05. The fourth-order valence-corrected chi connectivity index (χ4v) is 2.44. The van der Waals surface area contributed by atoms with Crippen LogP contribution in [0.15, 0.2) is 24.3 Å². The van der Waals surface area contributed by atoms with Crippen LogP contribution in [-0.2, 0) is 11.2 Å². The molecule has 3 heteroatoms. The van der Waals surface area contributed by atoms with Crippen molar-refractivity contribution in [2.45, 2.75) is 26.7 Å². The first-order valence-electron chi connectivity index (χ1n) is 7.53. The molecular formula is C17H29NO2. The van der Waals surface area contributed by atoms with Crippen LogP contribution in [0.3, 0.4) is 0 Å². The van der Waals surface area contributed by atoms with E-state index in [0.29, 0.717) is 11.8 Å². The lowest BCUT2D eigenvalue weighted by molar-refractivity contribution is 0.128. The zero-order valence-corrected chi connectivity index (χ0v) is 13.3. The van der Waals surface area contributed by atoms with E-state index in [1.54, 1.807) is 14.2 Å². The summed E-state index contributed by atoms with van der Waals surface area (Å²) in [6.07, 6.45) is 2.23. The molecule has 0 saturated heterocycles. The van der Waals surface area contributed by atoms with Crippen molar-refractivity contribution in [3.63, 3.8) is 0 Å². The largest absolute Gasteiger partial charge is 0.497 e. The standard InChI is InChI=1S/C17H29NO2/c1-5-9-18-12-16(14(2)13-19-3)10-15-7-6-8-17(11-15)20-4/h6-8,11,14,16,18H,5,9-10,12-13H2,1-4H3. The maximum absolute atomic E-state index is 5.32. The Morgan fingerprint density at radius 3 is 2.70 bits per heavy atom. The van der Waals surface area contributed by atoms with Crippen molar-refractivity contribution in [3.05, 3.63) is 29.8 Å². The lowest BCUT2D eigenvalue weighted by Gasteiger charge is -2.24. The summed E-state index contributed by atoms with van der Waals surface area (Å²) >= 11 is 0. The average Bonchev–Trinajstić information content (AvgIpc) is 2.47. The van der Waals surface area contributed by atoms with Crippen LogP contribution in [0.5, 0.6) is 5.75 Å². The van der Waals surface area contributed by atoms with Gasteiger partial charge < -0.3 is 14.8 Å². The minimum absolute atomic E-state index is 0.538. The van der Waals surface area contributed by atoms with Crippen molar-refractivity contribution in [3.8, 4) is 5.75 Å². The van der Waals surface area contributed by atoms with Gasteiger partial charge >= 0.3 is 0 Å². The smallest absolute Gasteiger partial charge is 0.119 e. The monoisotopic (exact) mass is 279 g/mol. The molecule has 0 aromatic heterocycles. The highest BCUT2D eigenvalue weighted by atomic mass is 16.5. The number of nitrogens with one attached hydrogen (secondary N) is 1. The molecule has 1 aromatic rings. The minimum Gasteiger partial charge on any atom is -0.497 e. The van der Waals surface area contributed by atoms with Crippen LogP contribution in [0.4, 0.5) is 0 Å². The fourth-order valence-electron chi connectivity index (χ4n) is 2.44. The van der Waals surface area contributed by atoms with Gasteiger partial charge in [-0.3, -0.25) is 0 Å². The first kappa shape index (κ1) is 17.0. The summed E-state index contributed by atoms with van der Waals surface area (Å²) in [5.41, 5.74) is 1.33. The van der Waals surface area contributed by atoms with Gasteiger partial charge in [0.25, 0.3) is 0 Å². The summed E-state index contributed by atoms with van der Waals surface area (Å²) in [6.45, 7) is 7.39. The van der Waals surface area contributed by atoms with Gasteiger partial charge in [-0.05, 0) is 55.5 Å². The molecule has 0 spiro atoms. The Bertz CT molecular complexity index is 368. The average molecular weight is 279 g/mol. The Morgan fingerprint density at radius 1 is 1.25 bits per heavy atom. The molecular weight excluding hydrogens is 250 g/mol. The normalized spacial score (nSPS) is 14.0. The predicted molar refractivity (Wildman–Crippen MR) is 84.4 cm³/mol. The molecule has 1 N–H and O–H groups in total. The van der Waals surface area contributed by atoms with Crippen molar-refractivity contribution in [2.24, 2.45) is 11.8 Å². The van der Waals surface area contributed by atoms with Crippen LogP contribution in [0.2, 0.25) is 0 Å². The summed E-state index contributed by atoms with van der Waals surface area (Å²) in [5, 5.41) is 3.54. The minimum atomic E-state index is 0.538. The molecule has 1 aromatic carbocycles. The predicted octanol–water partition coefficient (Wildman–Crippen LogP) is 3.14. The van der Waals surface area contributed by atoms with Gasteiger partial charge in [0.15, 0.2) is 0 Å². The lowest BCUT2D eigenvalue weighted by Crippen LogP contribution is -2.31. The molecule has 20 heavy (non-hydrogen) atoms. The van der Waals surface area contributed by atoms with Crippen molar-refractivity contribution in [1.29, 1.82) is 0 Å². The van der Waals surface area contributed by atoms with E-state index in [1.807, 2.05) is 6.07 Å². The van der Waals surface area contributed by atoms with Gasteiger partial charge in [-0.2, -0.15) is 0 Å². The summed E-state index contributed by atoms with van der Waals surface area (Å²) in [4.78, 5) is 0. The van der Waals surface area contributed by atoms with Gasteiger partial charge in [-0.25, -0.2) is 0 Å². The van der Waals surface area contributed by atoms with Crippen molar-refractivity contribution in [2.75, 3.05) is 33.9 Å². The lowest BCUT2D eigenvalue weighted by atomic mass is 9.88. The number of hydrogen-bond donors (Lipinski definition) is 1. The van der Waals surface area contributed by atoms with Crippen LogP contribution in [0.1, 0.15) is 25.8 Å². The van der Waals surface area contributed by atoms with Gasteiger partial charge in [0.2, 0.25) is 0 Å². The van der Waals surface area contributed by atoms with E-state index in [1.165, 1.54) is 12.0 Å². The first-order chi connectivity index (χ1) is 9.71. The van der Waals surface area contributed by atoms with Crippen LogP contribution in [0, 0.1) is 11.8 Å². The Morgan fingerprint density at radius 2 is 2.05 bits per heavy atom. The molecule has 0 radical (unpaired) electrons. The van der Waals surface area contributed by atoms with Crippen LogP contribution < -0.4 is 10.1 Å². The highest BCUT2D eigenvalue weighted by Crippen LogP contribution is 2.20. The Kier molecular flexibility index (Phi) is 8.31. The molecule has 114 valence electrons. The summed E-state index contributed by atoms with van der Waals surface area (Å²) in [6, 6.07) is 8.36. The third-order valence-corrected chi connectivity index (χ3v) is 3.70. The van der Waals surface area contributed by atoms with Crippen LogP contribution in [0.25, 0.3) is 0 Å². The van der Waals surface area contributed by atoms with E-state index in [0.717, 1.165) is 31.9 Å². The maximum Gasteiger partial charge on any atom is 0.119 e. The molecule has 0 fully saturated rings. The van der Waals surface area contributed by atoms with E-state index >= 15 is 0 Å². The molecule has 0 aliphatic rings. The highest BCUT2D eigenvalue weighted by molar-refractivity contribution is 5.28. The van der Waals surface area contributed by atoms with Gasteiger partial charge in [-0.1, -0.05) is 26.0 Å². The van der Waals surface area contributed by atoms with E-state index < -0.39 is 0 Å². The molecule has 0 heterocycles. The molecule has 0 aliphatic carbocycles. The second kappa shape index (κ2) is 9.78.